The molecule has 0 saturated carbocycles. The van der Waals surface area contributed by atoms with Gasteiger partial charge in [0.05, 0.1) is 26.4 Å². The van der Waals surface area contributed by atoms with Crippen LogP contribution in [0.3, 0.4) is 0 Å². The number of nitrogens with one attached hydrogen (secondary N) is 1. The number of ketones is 1. The van der Waals surface area contributed by atoms with Crippen LogP contribution in [0.15, 0.2) is 91.0 Å². The Morgan fingerprint density at radius 1 is 0.833 bits per heavy atom. The highest BCUT2D eigenvalue weighted by Gasteiger charge is 2.61. The Morgan fingerprint density at radius 3 is 1.74 bits per heavy atom. The van der Waals surface area contributed by atoms with Crippen molar-refractivity contribution in [2.24, 2.45) is 0 Å². The first-order chi connectivity index (χ1) is 20.1. The molecule has 3 aromatic carbocycles. The fourth-order valence-corrected chi connectivity index (χ4v) is 4.66. The first-order valence-corrected chi connectivity index (χ1v) is 14.4. The average Bonchev–Trinajstić information content (AvgIpc) is 2.98. The molecule has 0 aromatic heterocycles. The number of carbonyl (C=O) groups is 1. The van der Waals surface area contributed by atoms with Gasteiger partial charge in [-0.3, -0.25) is 10.2 Å². The van der Waals surface area contributed by atoms with E-state index < -0.39 is 45.7 Å². The summed E-state index contributed by atoms with van der Waals surface area (Å²) in [6.45, 7) is 1.53. The van der Waals surface area contributed by atoms with Crippen LogP contribution in [-0.4, -0.2) is 57.4 Å². The molecule has 42 heavy (non-hydrogen) atoms. The monoisotopic (exact) mass is 635 g/mol. The number of halogens is 3. The molecule has 0 amide bonds. The van der Waals surface area contributed by atoms with Gasteiger partial charge in [-0.15, -0.1) is 0 Å². The molecule has 0 bridgehead atoms. The summed E-state index contributed by atoms with van der Waals surface area (Å²) in [5, 5.41) is 19.9. The molecular weight excluding hydrogens is 605 g/mol. The SMILES string of the molecule is CC(=O)C1(OC(=N)C(Cl)(Cl)Cl)O[C@H](COCc2ccccc2)[C@@H](OCc2ccccc2)[C@H](OCc2ccccc2)[C@@H]1O. The topological polar surface area (TPSA) is 107 Å². The summed E-state index contributed by atoms with van der Waals surface area (Å²) in [5.74, 6) is -4.12. The zero-order valence-corrected chi connectivity index (χ0v) is 25.1. The third-order valence-electron chi connectivity index (χ3n) is 6.68. The highest BCUT2D eigenvalue weighted by atomic mass is 35.6. The van der Waals surface area contributed by atoms with Gasteiger partial charge in [-0.1, -0.05) is 126 Å². The van der Waals surface area contributed by atoms with Crippen LogP contribution in [0.4, 0.5) is 0 Å². The highest BCUT2D eigenvalue weighted by Crippen LogP contribution is 2.39. The van der Waals surface area contributed by atoms with E-state index in [1.54, 1.807) is 0 Å². The van der Waals surface area contributed by atoms with Gasteiger partial charge in [-0.25, -0.2) is 0 Å². The standard InChI is InChI=1S/C31H32Cl3NO7/c1-21(36)30(42-29(35)31(32,33)34)28(37)27(40-19-24-15-9-4-10-16-24)26(39-18-23-13-7-3-8-14-23)25(41-30)20-38-17-22-11-5-2-6-12-22/h2-16,25-28,35,37H,17-20H2,1H3/t25-,26-,27+,28+,30?/m1/s1. The number of benzene rings is 3. The lowest BCUT2D eigenvalue weighted by Crippen LogP contribution is -2.70. The van der Waals surface area contributed by atoms with Crippen LogP contribution in [0.1, 0.15) is 23.6 Å². The van der Waals surface area contributed by atoms with Gasteiger partial charge >= 0.3 is 5.79 Å². The molecule has 2 N–H and O–H groups in total. The first-order valence-electron chi connectivity index (χ1n) is 13.2. The molecule has 1 aliphatic heterocycles. The molecule has 0 aliphatic carbocycles. The van der Waals surface area contributed by atoms with Crippen LogP contribution in [0.25, 0.3) is 0 Å². The summed E-state index contributed by atoms with van der Waals surface area (Å²) >= 11 is 17.6. The number of rotatable bonds is 12. The maximum absolute atomic E-state index is 13.2. The van der Waals surface area contributed by atoms with Crippen LogP contribution in [0.2, 0.25) is 0 Å². The summed E-state index contributed by atoms with van der Waals surface area (Å²) < 4.78 is 28.0. The predicted octanol–water partition coefficient (Wildman–Crippen LogP) is 5.78. The zero-order chi connectivity index (χ0) is 30.2. The Kier molecular flexibility index (Phi) is 11.4. The van der Waals surface area contributed by atoms with Gasteiger partial charge in [0.1, 0.15) is 18.3 Å². The van der Waals surface area contributed by atoms with Crippen LogP contribution in [0.5, 0.6) is 0 Å². The van der Waals surface area contributed by atoms with E-state index in [2.05, 4.69) is 0 Å². The summed E-state index contributed by atoms with van der Waals surface area (Å²) in [5.41, 5.74) is 2.60. The van der Waals surface area contributed by atoms with E-state index in [1.165, 1.54) is 0 Å². The summed E-state index contributed by atoms with van der Waals surface area (Å²) in [6.07, 6.45) is -4.90. The lowest BCUT2D eigenvalue weighted by atomic mass is 9.89. The molecule has 5 atom stereocenters. The van der Waals surface area contributed by atoms with Crippen molar-refractivity contribution in [3.05, 3.63) is 108 Å². The normalized spacial score (nSPS) is 24.2. The van der Waals surface area contributed by atoms with E-state index in [9.17, 15) is 9.90 Å². The van der Waals surface area contributed by atoms with Gasteiger partial charge in [0, 0.05) is 6.92 Å². The molecule has 0 spiro atoms. The second-order valence-electron chi connectivity index (χ2n) is 9.78. The number of ether oxygens (including phenoxy) is 5. The van der Waals surface area contributed by atoms with Crippen molar-refractivity contribution < 1.29 is 33.6 Å². The van der Waals surface area contributed by atoms with Gasteiger partial charge in [0.15, 0.2) is 6.10 Å². The molecule has 224 valence electrons. The minimum Gasteiger partial charge on any atom is -0.435 e. The van der Waals surface area contributed by atoms with Crippen molar-refractivity contribution in [3.8, 4) is 0 Å². The van der Waals surface area contributed by atoms with Gasteiger partial charge in [0.25, 0.3) is 3.79 Å². The zero-order valence-electron chi connectivity index (χ0n) is 22.8. The second kappa shape index (κ2) is 14.8. The lowest BCUT2D eigenvalue weighted by Gasteiger charge is -2.49. The summed E-state index contributed by atoms with van der Waals surface area (Å²) in [6, 6.07) is 28.2. The molecule has 1 fully saturated rings. The number of aliphatic hydroxyl groups is 1. The molecule has 4 rings (SSSR count). The van der Waals surface area contributed by atoms with E-state index in [4.69, 9.17) is 63.9 Å². The molecule has 1 unspecified atom stereocenters. The highest BCUT2D eigenvalue weighted by molar-refractivity contribution is 6.76. The van der Waals surface area contributed by atoms with E-state index in [0.29, 0.717) is 0 Å². The molecule has 8 nitrogen and oxygen atoms in total. The van der Waals surface area contributed by atoms with Gasteiger partial charge in [0.2, 0.25) is 11.7 Å². The van der Waals surface area contributed by atoms with Crippen molar-refractivity contribution >= 4 is 46.5 Å². The van der Waals surface area contributed by atoms with E-state index >= 15 is 0 Å². The van der Waals surface area contributed by atoms with Crippen LogP contribution >= 0.6 is 34.8 Å². The third kappa shape index (κ3) is 8.30. The molecular formula is C31H32Cl3NO7. The fourth-order valence-electron chi connectivity index (χ4n) is 4.54. The van der Waals surface area contributed by atoms with Crippen molar-refractivity contribution in [1.29, 1.82) is 5.41 Å². The number of hydrogen-bond donors (Lipinski definition) is 2. The number of Topliss-reactive ketones (excluding diaryl/α,β-unsaturated/α-hetero) is 1. The number of aliphatic hydroxyl groups excluding tert-OH is 1. The predicted molar refractivity (Wildman–Crippen MR) is 160 cm³/mol. The lowest BCUT2D eigenvalue weighted by molar-refractivity contribution is -0.339. The first kappa shape index (κ1) is 32.4. The minimum atomic E-state index is -2.45. The number of carbonyl (C=O) groups excluding carboxylic acids is 1. The van der Waals surface area contributed by atoms with Gasteiger partial charge < -0.3 is 28.8 Å². The molecule has 1 heterocycles. The third-order valence-corrected chi connectivity index (χ3v) is 7.20. The maximum atomic E-state index is 13.2. The Labute approximate surface area is 259 Å². The van der Waals surface area contributed by atoms with E-state index in [1.807, 2.05) is 91.0 Å². The largest absolute Gasteiger partial charge is 0.435 e. The Morgan fingerprint density at radius 2 is 1.29 bits per heavy atom. The van der Waals surface area contributed by atoms with Gasteiger partial charge in [-0.2, -0.15) is 0 Å². The minimum absolute atomic E-state index is 0.0707. The second-order valence-corrected chi connectivity index (χ2v) is 12.1. The Bertz CT molecular complexity index is 1290. The Balaban J connectivity index is 1.68. The average molecular weight is 637 g/mol. The summed E-state index contributed by atoms with van der Waals surface area (Å²) in [7, 11) is 0. The van der Waals surface area contributed by atoms with E-state index in [0.717, 1.165) is 23.6 Å². The molecule has 3 aromatic rings. The number of alkyl halides is 3. The Hall–Kier alpha value is -2.53. The van der Waals surface area contributed by atoms with Crippen molar-refractivity contribution in [2.45, 2.75) is 60.7 Å². The van der Waals surface area contributed by atoms with Crippen LogP contribution in [-0.2, 0) is 48.3 Å². The van der Waals surface area contributed by atoms with Crippen molar-refractivity contribution in [3.63, 3.8) is 0 Å². The van der Waals surface area contributed by atoms with Crippen LogP contribution in [0, 0.1) is 5.41 Å². The smallest absolute Gasteiger partial charge is 0.301 e. The summed E-state index contributed by atoms with van der Waals surface area (Å²) in [4.78, 5) is 13.2. The van der Waals surface area contributed by atoms with Crippen molar-refractivity contribution in [2.75, 3.05) is 6.61 Å². The van der Waals surface area contributed by atoms with Crippen molar-refractivity contribution in [1.82, 2.24) is 0 Å². The van der Waals surface area contributed by atoms with Gasteiger partial charge in [-0.05, 0) is 16.7 Å². The number of hydrogen-bond acceptors (Lipinski definition) is 8. The molecule has 1 saturated heterocycles. The molecule has 0 radical (unpaired) electrons. The van der Waals surface area contributed by atoms with E-state index in [-0.39, 0.29) is 26.4 Å². The molecule has 1 aliphatic rings. The van der Waals surface area contributed by atoms with Crippen LogP contribution < -0.4 is 0 Å². The quantitative estimate of drug-likeness (QED) is 0.147. The molecule has 11 heteroatoms. The maximum Gasteiger partial charge on any atom is 0.301 e. The fraction of sp³-hybridized carbons (Fsp3) is 0.355.